The summed E-state index contributed by atoms with van der Waals surface area (Å²) in [5.41, 5.74) is 11.2. The van der Waals surface area contributed by atoms with Crippen molar-refractivity contribution in [1.82, 2.24) is 19.5 Å². The van der Waals surface area contributed by atoms with Crippen LogP contribution in [0.2, 0.25) is 0 Å². The van der Waals surface area contributed by atoms with Crippen molar-refractivity contribution in [3.8, 4) is 11.6 Å². The van der Waals surface area contributed by atoms with Gasteiger partial charge in [-0.3, -0.25) is 9.55 Å². The molecule has 1 fully saturated rings. The fourth-order valence-electron chi connectivity index (χ4n) is 4.56. The number of benzene rings is 2. The highest BCUT2D eigenvalue weighted by Crippen LogP contribution is 2.29. The molecule has 0 bridgehead atoms. The maximum absolute atomic E-state index is 6.12. The molecule has 34 heavy (non-hydrogen) atoms. The highest BCUT2D eigenvalue weighted by Gasteiger charge is 2.19. The van der Waals surface area contributed by atoms with Crippen LogP contribution in [0.4, 0.5) is 5.69 Å². The molecule has 2 N–H and O–H groups in total. The molecule has 5 aromatic rings. The zero-order chi connectivity index (χ0) is 22.9. The summed E-state index contributed by atoms with van der Waals surface area (Å²) in [6.07, 6.45) is 7.38. The lowest BCUT2D eigenvalue weighted by atomic mass is 10.0. The van der Waals surface area contributed by atoms with Gasteiger partial charge in [0.15, 0.2) is 0 Å². The van der Waals surface area contributed by atoms with E-state index in [1.165, 1.54) is 5.69 Å². The standard InChI is InChI=1S/C27H26N6O/c28-21-10-14-32(15-11-21)25-3-1-2-20-4-7-26(31-27(20)25)33-18-30-23-16-22(5-6-24(23)33)34-17-19-8-12-29-13-9-19/h1-9,12-13,16,18,21H,10-11,14-15,17,28H2. The van der Waals surface area contributed by atoms with Crippen molar-refractivity contribution in [1.29, 1.82) is 0 Å². The number of aromatic nitrogens is 4. The molecule has 1 aliphatic heterocycles. The van der Waals surface area contributed by atoms with Crippen molar-refractivity contribution in [2.24, 2.45) is 5.73 Å². The van der Waals surface area contributed by atoms with Crippen LogP contribution in [-0.2, 0) is 6.61 Å². The summed E-state index contributed by atoms with van der Waals surface area (Å²) < 4.78 is 7.99. The molecule has 0 radical (unpaired) electrons. The van der Waals surface area contributed by atoms with E-state index < -0.39 is 0 Å². The topological polar surface area (TPSA) is 82.1 Å². The van der Waals surface area contributed by atoms with Gasteiger partial charge in [0.2, 0.25) is 0 Å². The van der Waals surface area contributed by atoms with Crippen molar-refractivity contribution in [3.05, 3.63) is 84.9 Å². The third-order valence-corrected chi connectivity index (χ3v) is 6.48. The number of hydrogen-bond donors (Lipinski definition) is 1. The van der Waals surface area contributed by atoms with E-state index in [1.807, 2.05) is 47.3 Å². The number of para-hydroxylation sites is 1. The van der Waals surface area contributed by atoms with E-state index in [4.69, 9.17) is 15.5 Å². The summed E-state index contributed by atoms with van der Waals surface area (Å²) in [6.45, 7) is 2.41. The summed E-state index contributed by atoms with van der Waals surface area (Å²) in [5.74, 6) is 1.63. The van der Waals surface area contributed by atoms with Crippen molar-refractivity contribution in [2.75, 3.05) is 18.0 Å². The van der Waals surface area contributed by atoms with E-state index in [1.54, 1.807) is 12.4 Å². The smallest absolute Gasteiger partial charge is 0.139 e. The first-order chi connectivity index (χ1) is 16.7. The summed E-state index contributed by atoms with van der Waals surface area (Å²) in [5, 5.41) is 1.13. The summed E-state index contributed by atoms with van der Waals surface area (Å²) in [4.78, 5) is 16.1. The molecule has 6 rings (SSSR count). The highest BCUT2D eigenvalue weighted by molar-refractivity contribution is 5.92. The molecule has 0 aliphatic carbocycles. The lowest BCUT2D eigenvalue weighted by Crippen LogP contribution is -2.39. The predicted molar refractivity (Wildman–Crippen MR) is 134 cm³/mol. The van der Waals surface area contributed by atoms with Crippen molar-refractivity contribution >= 4 is 27.6 Å². The Morgan fingerprint density at radius 1 is 0.971 bits per heavy atom. The van der Waals surface area contributed by atoms with Crippen LogP contribution in [-0.4, -0.2) is 38.7 Å². The summed E-state index contributed by atoms with van der Waals surface area (Å²) >= 11 is 0. The van der Waals surface area contributed by atoms with Crippen molar-refractivity contribution in [3.63, 3.8) is 0 Å². The molecule has 2 aromatic carbocycles. The molecule has 1 aliphatic rings. The van der Waals surface area contributed by atoms with Gasteiger partial charge in [-0.1, -0.05) is 12.1 Å². The minimum atomic E-state index is 0.297. The number of ether oxygens (including phenoxy) is 1. The van der Waals surface area contributed by atoms with E-state index in [0.717, 1.165) is 65.0 Å². The quantitative estimate of drug-likeness (QED) is 0.425. The third kappa shape index (κ3) is 3.95. The molecular weight excluding hydrogens is 424 g/mol. The van der Waals surface area contributed by atoms with E-state index >= 15 is 0 Å². The van der Waals surface area contributed by atoms with E-state index in [2.05, 4.69) is 39.1 Å². The van der Waals surface area contributed by atoms with Crippen LogP contribution in [0.15, 0.2) is 79.4 Å². The van der Waals surface area contributed by atoms with Gasteiger partial charge in [0.1, 0.15) is 24.5 Å². The highest BCUT2D eigenvalue weighted by atomic mass is 16.5. The third-order valence-electron chi connectivity index (χ3n) is 6.48. The molecule has 0 saturated carbocycles. The maximum Gasteiger partial charge on any atom is 0.139 e. The molecule has 3 aromatic heterocycles. The number of nitrogens with two attached hydrogens (primary N) is 1. The summed E-state index contributed by atoms with van der Waals surface area (Å²) in [6, 6.07) is 20.7. The van der Waals surface area contributed by atoms with Gasteiger partial charge in [-0.2, -0.15) is 0 Å². The van der Waals surface area contributed by atoms with Crippen LogP contribution in [0.3, 0.4) is 0 Å². The van der Waals surface area contributed by atoms with E-state index in [-0.39, 0.29) is 0 Å². The molecule has 0 atom stereocenters. The average Bonchev–Trinajstić information content (AvgIpc) is 3.31. The number of rotatable bonds is 5. The second-order valence-corrected chi connectivity index (χ2v) is 8.75. The molecule has 4 heterocycles. The number of nitrogens with zero attached hydrogens (tertiary/aromatic N) is 5. The van der Waals surface area contributed by atoms with Gasteiger partial charge in [-0.05, 0) is 60.9 Å². The Morgan fingerprint density at radius 2 is 1.82 bits per heavy atom. The molecule has 0 spiro atoms. The number of pyridine rings is 2. The largest absolute Gasteiger partial charge is 0.489 e. The first kappa shape index (κ1) is 20.6. The fourth-order valence-corrected chi connectivity index (χ4v) is 4.56. The number of anilines is 1. The van der Waals surface area contributed by atoms with Crippen LogP contribution in [0, 0.1) is 0 Å². The van der Waals surface area contributed by atoms with Gasteiger partial charge < -0.3 is 15.4 Å². The van der Waals surface area contributed by atoms with Crippen molar-refractivity contribution in [2.45, 2.75) is 25.5 Å². The normalized spacial score (nSPS) is 14.7. The fraction of sp³-hybridized carbons (Fsp3) is 0.222. The maximum atomic E-state index is 6.12. The number of piperidine rings is 1. The van der Waals surface area contributed by atoms with Gasteiger partial charge in [0.25, 0.3) is 0 Å². The SMILES string of the molecule is NC1CCN(c2cccc3ccc(-n4cnc5cc(OCc6ccncc6)ccc54)nc23)CC1. The Balaban J connectivity index is 1.31. The molecular formula is C27H26N6O. The van der Waals surface area contributed by atoms with Gasteiger partial charge in [-0.25, -0.2) is 9.97 Å². The minimum absolute atomic E-state index is 0.297. The first-order valence-electron chi connectivity index (χ1n) is 11.6. The molecule has 7 heteroatoms. The Kier molecular flexibility index (Phi) is 5.31. The number of imidazole rings is 1. The predicted octanol–water partition coefficient (Wildman–Crippen LogP) is 4.48. The molecule has 7 nitrogen and oxygen atoms in total. The van der Waals surface area contributed by atoms with E-state index in [9.17, 15) is 0 Å². The van der Waals surface area contributed by atoms with Crippen LogP contribution in [0.1, 0.15) is 18.4 Å². The summed E-state index contributed by atoms with van der Waals surface area (Å²) in [7, 11) is 0. The minimum Gasteiger partial charge on any atom is -0.489 e. The van der Waals surface area contributed by atoms with E-state index in [0.29, 0.717) is 12.6 Å². The second-order valence-electron chi connectivity index (χ2n) is 8.75. The lowest BCUT2D eigenvalue weighted by Gasteiger charge is -2.32. The molecule has 1 saturated heterocycles. The van der Waals surface area contributed by atoms with Gasteiger partial charge in [-0.15, -0.1) is 0 Å². The van der Waals surface area contributed by atoms with Crippen molar-refractivity contribution < 1.29 is 4.74 Å². The monoisotopic (exact) mass is 450 g/mol. The van der Waals surface area contributed by atoms with Crippen LogP contribution < -0.4 is 15.4 Å². The Bertz CT molecular complexity index is 1440. The van der Waals surface area contributed by atoms with Gasteiger partial charge in [0.05, 0.1) is 22.2 Å². The van der Waals surface area contributed by atoms with Gasteiger partial charge in [0, 0.05) is 43.0 Å². The van der Waals surface area contributed by atoms with Crippen LogP contribution >= 0.6 is 0 Å². The molecule has 0 unspecified atom stereocenters. The van der Waals surface area contributed by atoms with Crippen LogP contribution in [0.5, 0.6) is 5.75 Å². The second kappa shape index (κ2) is 8.76. The molecule has 170 valence electrons. The Labute approximate surface area is 197 Å². The Morgan fingerprint density at radius 3 is 2.68 bits per heavy atom. The zero-order valence-corrected chi connectivity index (χ0v) is 18.8. The molecule has 0 amide bonds. The lowest BCUT2D eigenvalue weighted by molar-refractivity contribution is 0.306. The number of fused-ring (bicyclic) bond motifs is 2. The van der Waals surface area contributed by atoms with Crippen LogP contribution in [0.25, 0.3) is 27.8 Å². The average molecular weight is 451 g/mol. The first-order valence-corrected chi connectivity index (χ1v) is 11.6. The number of hydrogen-bond acceptors (Lipinski definition) is 6. The zero-order valence-electron chi connectivity index (χ0n) is 18.8. The van der Waals surface area contributed by atoms with Gasteiger partial charge >= 0.3 is 0 Å². The Hall–Kier alpha value is -3.97.